The first-order valence-electron chi connectivity index (χ1n) is 6.18. The van der Waals surface area contributed by atoms with Crippen LogP contribution in [-0.2, 0) is 4.79 Å². The molecule has 2 aromatic rings. The Bertz CT molecular complexity index is 591. The van der Waals surface area contributed by atoms with E-state index in [0.29, 0.717) is 6.42 Å². The Kier molecular flexibility index (Phi) is 3.64. The van der Waals surface area contributed by atoms with E-state index in [1.54, 1.807) is 12.4 Å². The molecule has 0 spiro atoms. The van der Waals surface area contributed by atoms with E-state index in [-0.39, 0.29) is 12.0 Å². The van der Waals surface area contributed by atoms with Crippen LogP contribution in [0.4, 0.5) is 5.69 Å². The maximum atomic E-state index is 10.7. The number of aromatic nitrogens is 2. The van der Waals surface area contributed by atoms with Crippen LogP contribution in [0.15, 0.2) is 30.6 Å². The third-order valence-electron chi connectivity index (χ3n) is 2.93. The normalized spacial score (nSPS) is 11.5. The second kappa shape index (κ2) is 5.22. The van der Waals surface area contributed by atoms with Gasteiger partial charge in [-0.3, -0.25) is 14.8 Å². The molecule has 2 aromatic heterocycles. The molecule has 0 radical (unpaired) electrons. The minimum atomic E-state index is -0.785. The number of nitrogens with zero attached hydrogens (tertiary/aromatic N) is 2. The first-order chi connectivity index (χ1) is 8.98. The average molecular weight is 259 g/mol. The highest BCUT2D eigenvalue weighted by Crippen LogP contribution is 2.24. The largest absolute Gasteiger partial charge is 0.481 e. The third kappa shape index (κ3) is 3.40. The molecular formula is C14H17N3O2. The summed E-state index contributed by atoms with van der Waals surface area (Å²) in [7, 11) is 0. The number of pyridine rings is 2. The molecule has 19 heavy (non-hydrogen) atoms. The fourth-order valence-electron chi connectivity index (χ4n) is 1.93. The van der Waals surface area contributed by atoms with Gasteiger partial charge in [-0.1, -0.05) is 0 Å². The van der Waals surface area contributed by atoms with Gasteiger partial charge in [0.2, 0.25) is 0 Å². The van der Waals surface area contributed by atoms with Gasteiger partial charge in [0.15, 0.2) is 0 Å². The molecule has 0 aliphatic heterocycles. The number of rotatable bonds is 5. The van der Waals surface area contributed by atoms with Gasteiger partial charge in [-0.25, -0.2) is 0 Å². The molecule has 0 aliphatic carbocycles. The van der Waals surface area contributed by atoms with Crippen LogP contribution in [0.5, 0.6) is 0 Å². The number of anilines is 1. The molecule has 0 aromatic carbocycles. The monoisotopic (exact) mass is 259 g/mol. The summed E-state index contributed by atoms with van der Waals surface area (Å²) in [6.07, 6.45) is 4.12. The fraction of sp³-hybridized carbons (Fsp3) is 0.357. The predicted octanol–water partition coefficient (Wildman–Crippen LogP) is 2.69. The van der Waals surface area contributed by atoms with E-state index in [1.807, 2.05) is 32.0 Å². The van der Waals surface area contributed by atoms with Gasteiger partial charge in [-0.15, -0.1) is 0 Å². The number of hydrogen-bond acceptors (Lipinski definition) is 4. The second-order valence-electron chi connectivity index (χ2n) is 5.13. The van der Waals surface area contributed by atoms with Crippen LogP contribution in [0.1, 0.15) is 26.7 Å². The molecule has 0 amide bonds. The van der Waals surface area contributed by atoms with E-state index in [0.717, 1.165) is 16.7 Å². The second-order valence-corrected chi connectivity index (χ2v) is 5.13. The summed E-state index contributed by atoms with van der Waals surface area (Å²) in [5.41, 5.74) is 2.18. The molecule has 0 fully saturated rings. The molecule has 5 heteroatoms. The van der Waals surface area contributed by atoms with Crippen molar-refractivity contribution in [3.63, 3.8) is 0 Å². The lowest BCUT2D eigenvalue weighted by Gasteiger charge is -2.27. The highest BCUT2D eigenvalue weighted by molar-refractivity contribution is 5.87. The lowest BCUT2D eigenvalue weighted by molar-refractivity contribution is -0.137. The SMILES string of the molecule is CC(C)(CCC(=O)O)Nc1ccnc2cccnc12. The van der Waals surface area contributed by atoms with Crippen molar-refractivity contribution in [2.45, 2.75) is 32.2 Å². The van der Waals surface area contributed by atoms with Crippen molar-refractivity contribution in [1.29, 1.82) is 0 Å². The molecule has 0 aliphatic rings. The average Bonchev–Trinajstić information content (AvgIpc) is 2.37. The van der Waals surface area contributed by atoms with Crippen LogP contribution < -0.4 is 5.32 Å². The Morgan fingerprint density at radius 3 is 2.84 bits per heavy atom. The molecular weight excluding hydrogens is 242 g/mol. The smallest absolute Gasteiger partial charge is 0.303 e. The molecule has 0 unspecified atom stereocenters. The van der Waals surface area contributed by atoms with Crippen LogP contribution >= 0.6 is 0 Å². The van der Waals surface area contributed by atoms with Crippen molar-refractivity contribution in [3.05, 3.63) is 30.6 Å². The summed E-state index contributed by atoms with van der Waals surface area (Å²) in [6.45, 7) is 3.95. The third-order valence-corrected chi connectivity index (χ3v) is 2.93. The zero-order chi connectivity index (χ0) is 13.9. The Hall–Kier alpha value is -2.17. The molecule has 5 nitrogen and oxygen atoms in total. The summed E-state index contributed by atoms with van der Waals surface area (Å²) >= 11 is 0. The van der Waals surface area contributed by atoms with E-state index >= 15 is 0 Å². The summed E-state index contributed by atoms with van der Waals surface area (Å²) in [4.78, 5) is 19.2. The van der Waals surface area contributed by atoms with Gasteiger partial charge in [0.1, 0.15) is 5.52 Å². The number of carboxylic acids is 1. The molecule has 2 rings (SSSR count). The van der Waals surface area contributed by atoms with Crippen LogP contribution in [0.25, 0.3) is 11.0 Å². The minimum absolute atomic E-state index is 0.135. The zero-order valence-electron chi connectivity index (χ0n) is 11.1. The van der Waals surface area contributed by atoms with Crippen LogP contribution in [0, 0.1) is 0 Å². The van der Waals surface area contributed by atoms with E-state index in [9.17, 15) is 4.79 Å². The molecule has 100 valence electrons. The van der Waals surface area contributed by atoms with Crippen molar-refractivity contribution >= 4 is 22.7 Å². The van der Waals surface area contributed by atoms with Crippen molar-refractivity contribution in [2.24, 2.45) is 0 Å². The van der Waals surface area contributed by atoms with Gasteiger partial charge in [0.25, 0.3) is 0 Å². The quantitative estimate of drug-likeness (QED) is 0.863. The number of fused-ring (bicyclic) bond motifs is 1. The highest BCUT2D eigenvalue weighted by Gasteiger charge is 2.20. The van der Waals surface area contributed by atoms with E-state index in [4.69, 9.17) is 5.11 Å². The number of carboxylic acid groups (broad SMARTS) is 1. The Morgan fingerprint density at radius 1 is 1.32 bits per heavy atom. The van der Waals surface area contributed by atoms with E-state index in [1.165, 1.54) is 0 Å². The van der Waals surface area contributed by atoms with Gasteiger partial charge < -0.3 is 10.4 Å². The van der Waals surface area contributed by atoms with Crippen molar-refractivity contribution < 1.29 is 9.90 Å². The molecule has 0 saturated carbocycles. The van der Waals surface area contributed by atoms with Crippen molar-refractivity contribution in [1.82, 2.24) is 9.97 Å². The Morgan fingerprint density at radius 2 is 2.11 bits per heavy atom. The van der Waals surface area contributed by atoms with Crippen LogP contribution in [0.3, 0.4) is 0 Å². The maximum absolute atomic E-state index is 10.7. The number of carbonyl (C=O) groups is 1. The summed E-state index contributed by atoms with van der Waals surface area (Å²) in [5.74, 6) is -0.785. The summed E-state index contributed by atoms with van der Waals surface area (Å²) in [5, 5.41) is 12.1. The van der Waals surface area contributed by atoms with Gasteiger partial charge in [0.05, 0.1) is 11.2 Å². The van der Waals surface area contributed by atoms with Crippen LogP contribution in [0.2, 0.25) is 0 Å². The number of aliphatic carboxylic acids is 1. The van der Waals surface area contributed by atoms with E-state index < -0.39 is 5.97 Å². The van der Waals surface area contributed by atoms with Crippen LogP contribution in [-0.4, -0.2) is 26.6 Å². The molecule has 0 saturated heterocycles. The first-order valence-corrected chi connectivity index (χ1v) is 6.18. The molecule has 2 heterocycles. The summed E-state index contributed by atoms with van der Waals surface area (Å²) in [6, 6.07) is 5.60. The van der Waals surface area contributed by atoms with Gasteiger partial charge in [0, 0.05) is 24.4 Å². The van der Waals surface area contributed by atoms with Gasteiger partial charge in [-0.05, 0) is 38.5 Å². The first kappa shape index (κ1) is 13.3. The predicted molar refractivity (Wildman–Crippen MR) is 74.1 cm³/mol. The topological polar surface area (TPSA) is 75.1 Å². The van der Waals surface area contributed by atoms with Gasteiger partial charge >= 0.3 is 5.97 Å². The minimum Gasteiger partial charge on any atom is -0.481 e. The molecule has 0 bridgehead atoms. The molecule has 0 atom stereocenters. The Labute approximate surface area is 111 Å². The van der Waals surface area contributed by atoms with Gasteiger partial charge in [-0.2, -0.15) is 0 Å². The fourth-order valence-corrected chi connectivity index (χ4v) is 1.93. The standard InChI is InChI=1S/C14H17N3O2/c1-14(2,7-5-12(18)19)17-11-6-9-15-10-4-3-8-16-13(10)11/h3-4,6,8-9H,5,7H2,1-2H3,(H,15,17)(H,18,19). The maximum Gasteiger partial charge on any atom is 0.303 e. The van der Waals surface area contributed by atoms with E-state index in [2.05, 4.69) is 15.3 Å². The number of nitrogens with one attached hydrogen (secondary N) is 1. The highest BCUT2D eigenvalue weighted by atomic mass is 16.4. The number of hydrogen-bond donors (Lipinski definition) is 2. The zero-order valence-corrected chi connectivity index (χ0v) is 11.1. The summed E-state index contributed by atoms with van der Waals surface area (Å²) < 4.78 is 0. The van der Waals surface area contributed by atoms with Crippen molar-refractivity contribution in [3.8, 4) is 0 Å². The van der Waals surface area contributed by atoms with Crippen molar-refractivity contribution in [2.75, 3.05) is 5.32 Å². The Balaban J connectivity index is 2.23. The molecule has 2 N–H and O–H groups in total. The lowest BCUT2D eigenvalue weighted by atomic mass is 9.98. The lowest BCUT2D eigenvalue weighted by Crippen LogP contribution is -2.31.